The lowest BCUT2D eigenvalue weighted by molar-refractivity contribution is -0.131. The molecular formula is C16H22BrNO2. The van der Waals surface area contributed by atoms with Crippen LogP contribution in [0.5, 0.6) is 5.75 Å². The van der Waals surface area contributed by atoms with E-state index in [1.54, 1.807) is 7.11 Å². The van der Waals surface area contributed by atoms with Gasteiger partial charge in [-0.25, -0.2) is 0 Å². The van der Waals surface area contributed by atoms with E-state index in [1.165, 1.54) is 6.42 Å². The van der Waals surface area contributed by atoms with E-state index in [0.717, 1.165) is 35.2 Å². The molecule has 1 saturated heterocycles. The second-order valence-electron chi connectivity index (χ2n) is 5.39. The highest BCUT2D eigenvalue weighted by molar-refractivity contribution is 9.10. The number of nitrogens with zero attached hydrogens (tertiary/aromatic N) is 1. The van der Waals surface area contributed by atoms with Crippen LogP contribution in [-0.4, -0.2) is 24.5 Å². The highest BCUT2D eigenvalue weighted by Crippen LogP contribution is 2.27. The summed E-state index contributed by atoms with van der Waals surface area (Å²) in [5.74, 6) is 1.81. The van der Waals surface area contributed by atoms with Crippen molar-refractivity contribution in [2.45, 2.75) is 39.2 Å². The lowest BCUT2D eigenvalue weighted by Crippen LogP contribution is -2.29. The smallest absolute Gasteiger partial charge is 0.222 e. The van der Waals surface area contributed by atoms with Crippen molar-refractivity contribution in [3.05, 3.63) is 28.2 Å². The molecule has 0 aromatic heterocycles. The molecule has 1 atom stereocenters. The average molecular weight is 340 g/mol. The topological polar surface area (TPSA) is 29.5 Å². The average Bonchev–Trinajstić information content (AvgIpc) is 2.62. The first-order valence-electron chi connectivity index (χ1n) is 7.24. The van der Waals surface area contributed by atoms with Gasteiger partial charge in [0.25, 0.3) is 0 Å². The van der Waals surface area contributed by atoms with Gasteiger partial charge in [0.1, 0.15) is 5.75 Å². The van der Waals surface area contributed by atoms with Crippen LogP contribution >= 0.6 is 15.9 Å². The van der Waals surface area contributed by atoms with Gasteiger partial charge in [-0.1, -0.05) is 19.4 Å². The summed E-state index contributed by atoms with van der Waals surface area (Å²) in [4.78, 5) is 14.2. The van der Waals surface area contributed by atoms with Gasteiger partial charge in [-0.3, -0.25) is 4.79 Å². The van der Waals surface area contributed by atoms with E-state index in [2.05, 4.69) is 22.9 Å². The molecular weight excluding hydrogens is 318 g/mol. The number of likely N-dealkylation sites (tertiary alicyclic amines) is 1. The van der Waals surface area contributed by atoms with Gasteiger partial charge in [-0.15, -0.1) is 0 Å². The highest BCUT2D eigenvalue weighted by atomic mass is 79.9. The van der Waals surface area contributed by atoms with E-state index in [0.29, 0.717) is 18.9 Å². The largest absolute Gasteiger partial charge is 0.496 e. The van der Waals surface area contributed by atoms with Gasteiger partial charge >= 0.3 is 0 Å². The summed E-state index contributed by atoms with van der Waals surface area (Å²) in [7, 11) is 1.66. The van der Waals surface area contributed by atoms with E-state index in [9.17, 15) is 4.79 Å². The Morgan fingerprint density at radius 3 is 2.85 bits per heavy atom. The molecule has 1 heterocycles. The Hall–Kier alpha value is -1.03. The molecule has 0 saturated carbocycles. The maximum Gasteiger partial charge on any atom is 0.222 e. The van der Waals surface area contributed by atoms with Crippen LogP contribution in [0.1, 0.15) is 38.2 Å². The van der Waals surface area contributed by atoms with Crippen LogP contribution in [0.3, 0.4) is 0 Å². The lowest BCUT2D eigenvalue weighted by Gasteiger charge is -2.21. The van der Waals surface area contributed by atoms with Crippen molar-refractivity contribution in [3.63, 3.8) is 0 Å². The number of ether oxygens (including phenoxy) is 1. The summed E-state index contributed by atoms with van der Waals surface area (Å²) in [6, 6.07) is 6.00. The molecule has 0 aliphatic carbocycles. The van der Waals surface area contributed by atoms with E-state index < -0.39 is 0 Å². The molecule has 1 aromatic rings. The Balaban J connectivity index is 2.04. The molecule has 1 fully saturated rings. The molecule has 0 N–H and O–H groups in total. The zero-order valence-electron chi connectivity index (χ0n) is 12.2. The second kappa shape index (κ2) is 7.11. The fraction of sp³-hybridized carbons (Fsp3) is 0.562. The SMILES string of the molecule is CCC1CCC(=O)N(Cc2ccc(OC)c(Br)c2)CC1. The Bertz CT molecular complexity index is 476. The summed E-state index contributed by atoms with van der Waals surface area (Å²) < 4.78 is 6.17. The summed E-state index contributed by atoms with van der Waals surface area (Å²) in [5.41, 5.74) is 1.14. The minimum atomic E-state index is 0.285. The summed E-state index contributed by atoms with van der Waals surface area (Å²) >= 11 is 3.49. The Labute approximate surface area is 129 Å². The van der Waals surface area contributed by atoms with Crippen LogP contribution in [0.25, 0.3) is 0 Å². The molecule has 110 valence electrons. The number of methoxy groups -OCH3 is 1. The predicted octanol–water partition coefficient (Wildman–Crippen LogP) is 4.00. The lowest BCUT2D eigenvalue weighted by atomic mass is 9.98. The minimum Gasteiger partial charge on any atom is -0.496 e. The van der Waals surface area contributed by atoms with Crippen molar-refractivity contribution >= 4 is 21.8 Å². The maximum atomic E-state index is 12.2. The number of carbonyl (C=O) groups is 1. The van der Waals surface area contributed by atoms with E-state index in [4.69, 9.17) is 4.74 Å². The highest BCUT2D eigenvalue weighted by Gasteiger charge is 2.21. The number of hydrogen-bond acceptors (Lipinski definition) is 2. The monoisotopic (exact) mass is 339 g/mol. The van der Waals surface area contributed by atoms with Gasteiger partial charge in [-0.05, 0) is 52.4 Å². The Kier molecular flexibility index (Phi) is 5.46. The molecule has 0 radical (unpaired) electrons. The van der Waals surface area contributed by atoms with Crippen LogP contribution in [0.2, 0.25) is 0 Å². The number of amides is 1. The van der Waals surface area contributed by atoms with Crippen LogP contribution in [0, 0.1) is 5.92 Å². The van der Waals surface area contributed by atoms with Crippen molar-refractivity contribution in [3.8, 4) is 5.75 Å². The van der Waals surface area contributed by atoms with Crippen molar-refractivity contribution in [1.29, 1.82) is 0 Å². The molecule has 0 bridgehead atoms. The van der Waals surface area contributed by atoms with Gasteiger partial charge in [-0.2, -0.15) is 0 Å². The standard InChI is InChI=1S/C16H22BrNO2/c1-3-12-5-7-16(19)18(9-8-12)11-13-4-6-15(20-2)14(17)10-13/h4,6,10,12H,3,5,7-9,11H2,1-2H3. The van der Waals surface area contributed by atoms with E-state index >= 15 is 0 Å². The Morgan fingerprint density at radius 2 is 2.20 bits per heavy atom. The molecule has 1 aliphatic rings. The van der Waals surface area contributed by atoms with Gasteiger partial charge < -0.3 is 9.64 Å². The molecule has 2 rings (SSSR count). The van der Waals surface area contributed by atoms with E-state index in [1.807, 2.05) is 23.1 Å². The van der Waals surface area contributed by atoms with Crippen LogP contribution in [-0.2, 0) is 11.3 Å². The van der Waals surface area contributed by atoms with Gasteiger partial charge in [0.2, 0.25) is 5.91 Å². The molecule has 1 aromatic carbocycles. The van der Waals surface area contributed by atoms with Crippen LogP contribution in [0.15, 0.2) is 22.7 Å². The number of rotatable bonds is 4. The van der Waals surface area contributed by atoms with Gasteiger partial charge in [0.05, 0.1) is 11.6 Å². The Morgan fingerprint density at radius 1 is 1.40 bits per heavy atom. The third-order valence-electron chi connectivity index (χ3n) is 4.09. The quantitative estimate of drug-likeness (QED) is 0.829. The predicted molar refractivity (Wildman–Crippen MR) is 83.7 cm³/mol. The fourth-order valence-electron chi connectivity index (χ4n) is 2.70. The second-order valence-corrected chi connectivity index (χ2v) is 6.24. The minimum absolute atomic E-state index is 0.285. The third kappa shape index (κ3) is 3.75. The van der Waals surface area contributed by atoms with Crippen molar-refractivity contribution in [2.75, 3.05) is 13.7 Å². The molecule has 1 aliphatic heterocycles. The molecule has 1 amide bonds. The van der Waals surface area contributed by atoms with Crippen LogP contribution in [0.4, 0.5) is 0 Å². The third-order valence-corrected chi connectivity index (χ3v) is 4.71. The number of carbonyl (C=O) groups excluding carboxylic acids is 1. The van der Waals surface area contributed by atoms with E-state index in [-0.39, 0.29) is 5.91 Å². The number of benzene rings is 1. The van der Waals surface area contributed by atoms with Gasteiger partial charge in [0.15, 0.2) is 0 Å². The normalized spacial score (nSPS) is 19.9. The maximum absolute atomic E-state index is 12.2. The van der Waals surface area contributed by atoms with Crippen molar-refractivity contribution in [2.24, 2.45) is 5.92 Å². The molecule has 20 heavy (non-hydrogen) atoms. The van der Waals surface area contributed by atoms with Crippen molar-refractivity contribution < 1.29 is 9.53 Å². The number of halogens is 1. The fourth-order valence-corrected chi connectivity index (χ4v) is 3.29. The molecule has 3 nitrogen and oxygen atoms in total. The zero-order valence-corrected chi connectivity index (χ0v) is 13.8. The first kappa shape index (κ1) is 15.4. The summed E-state index contributed by atoms with van der Waals surface area (Å²) in [5, 5.41) is 0. The number of hydrogen-bond donors (Lipinski definition) is 0. The summed E-state index contributed by atoms with van der Waals surface area (Å²) in [6.45, 7) is 3.78. The van der Waals surface area contributed by atoms with Crippen molar-refractivity contribution in [1.82, 2.24) is 4.90 Å². The molecule has 1 unspecified atom stereocenters. The van der Waals surface area contributed by atoms with Crippen LogP contribution < -0.4 is 4.74 Å². The summed E-state index contributed by atoms with van der Waals surface area (Å²) in [6.07, 6.45) is 4.03. The first-order valence-corrected chi connectivity index (χ1v) is 8.03. The molecule has 0 spiro atoms. The first-order chi connectivity index (χ1) is 9.63. The molecule has 4 heteroatoms. The zero-order chi connectivity index (χ0) is 14.5. The van der Waals surface area contributed by atoms with Gasteiger partial charge in [0, 0.05) is 19.5 Å².